The first kappa shape index (κ1) is 15.6. The summed E-state index contributed by atoms with van der Waals surface area (Å²) in [5, 5.41) is 11.3. The molecule has 0 aliphatic heterocycles. The number of hydrogen-bond acceptors (Lipinski definition) is 3. The molecule has 1 aromatic rings. The summed E-state index contributed by atoms with van der Waals surface area (Å²) in [6.07, 6.45) is 1.97. The monoisotopic (exact) mass is 328 g/mol. The predicted molar refractivity (Wildman–Crippen MR) is 77.7 cm³/mol. The van der Waals surface area contributed by atoms with Gasteiger partial charge in [-0.1, -0.05) is 29.3 Å². The topological polar surface area (TPSA) is 63.5 Å². The Kier molecular flexibility index (Phi) is 6.49. The van der Waals surface area contributed by atoms with Gasteiger partial charge in [-0.25, -0.2) is 0 Å². The van der Waals surface area contributed by atoms with Crippen LogP contribution in [0.1, 0.15) is 30.1 Å². The fraction of sp³-hybridized carbons (Fsp3) is 0.462. The Labute approximate surface area is 120 Å². The third kappa shape index (κ3) is 4.63. The predicted octanol–water partition coefficient (Wildman–Crippen LogP) is 3.23. The smallest absolute Gasteiger partial charge is 0.269 e. The van der Waals surface area contributed by atoms with E-state index in [1.54, 1.807) is 4.90 Å². The molecular formula is C13H17BrN2O3. The molecule has 0 heterocycles. The number of halogens is 1. The van der Waals surface area contributed by atoms with Crippen LogP contribution in [-0.2, 0) is 0 Å². The Bertz CT molecular complexity index is 434. The van der Waals surface area contributed by atoms with Crippen molar-refractivity contribution in [3.05, 3.63) is 39.9 Å². The summed E-state index contributed by atoms with van der Waals surface area (Å²) < 4.78 is 0. The quantitative estimate of drug-likeness (QED) is 0.438. The van der Waals surface area contributed by atoms with Gasteiger partial charge in [0.25, 0.3) is 11.6 Å². The van der Waals surface area contributed by atoms with Gasteiger partial charge in [-0.05, 0) is 18.6 Å². The van der Waals surface area contributed by atoms with Gasteiger partial charge < -0.3 is 4.90 Å². The van der Waals surface area contributed by atoms with Gasteiger partial charge in [0.15, 0.2) is 0 Å². The Balaban J connectivity index is 2.80. The summed E-state index contributed by atoms with van der Waals surface area (Å²) in [5.74, 6) is -0.0807. The maximum atomic E-state index is 12.3. The first-order chi connectivity index (χ1) is 9.10. The molecule has 0 aromatic heterocycles. The third-order valence-corrected chi connectivity index (χ3v) is 3.10. The van der Waals surface area contributed by atoms with E-state index in [9.17, 15) is 14.9 Å². The van der Waals surface area contributed by atoms with Crippen LogP contribution in [0.5, 0.6) is 0 Å². The summed E-state index contributed by atoms with van der Waals surface area (Å²) in [5.41, 5.74) is 0.486. The molecule has 0 radical (unpaired) electrons. The lowest BCUT2D eigenvalue weighted by Gasteiger charge is -2.21. The van der Waals surface area contributed by atoms with Gasteiger partial charge >= 0.3 is 0 Å². The molecule has 1 amide bonds. The standard InChI is InChI=1S/C13H17BrN2O3/c1-2-3-9-15(10-8-14)13(17)11-4-6-12(7-5-11)16(18)19/h4-7H,2-3,8-10H2,1H3. The molecule has 6 heteroatoms. The van der Waals surface area contributed by atoms with Crippen molar-refractivity contribution >= 4 is 27.5 Å². The van der Waals surface area contributed by atoms with E-state index in [4.69, 9.17) is 0 Å². The first-order valence-corrected chi connectivity index (χ1v) is 7.32. The van der Waals surface area contributed by atoms with E-state index in [-0.39, 0.29) is 11.6 Å². The van der Waals surface area contributed by atoms with E-state index in [0.717, 1.165) is 18.2 Å². The minimum Gasteiger partial charge on any atom is -0.338 e. The zero-order valence-electron chi connectivity index (χ0n) is 10.8. The molecule has 0 N–H and O–H groups in total. The van der Waals surface area contributed by atoms with Crippen molar-refractivity contribution in [1.29, 1.82) is 0 Å². The molecule has 0 fully saturated rings. The number of nitrogens with zero attached hydrogens (tertiary/aromatic N) is 2. The molecule has 19 heavy (non-hydrogen) atoms. The third-order valence-electron chi connectivity index (χ3n) is 2.75. The lowest BCUT2D eigenvalue weighted by atomic mass is 10.1. The highest BCUT2D eigenvalue weighted by Crippen LogP contribution is 2.14. The molecule has 1 rings (SSSR count). The minimum atomic E-state index is -0.471. The number of carbonyl (C=O) groups excluding carboxylic acids is 1. The number of carbonyl (C=O) groups is 1. The Morgan fingerprint density at radius 3 is 2.42 bits per heavy atom. The summed E-state index contributed by atoms with van der Waals surface area (Å²) >= 11 is 3.33. The van der Waals surface area contributed by atoms with Crippen molar-refractivity contribution in [2.45, 2.75) is 19.8 Å². The summed E-state index contributed by atoms with van der Waals surface area (Å²) in [4.78, 5) is 24.1. The van der Waals surface area contributed by atoms with Gasteiger partial charge in [0, 0.05) is 36.1 Å². The van der Waals surface area contributed by atoms with Crippen molar-refractivity contribution in [3.63, 3.8) is 0 Å². The highest BCUT2D eigenvalue weighted by Gasteiger charge is 2.15. The molecule has 104 valence electrons. The van der Waals surface area contributed by atoms with Crippen LogP contribution < -0.4 is 0 Å². The fourth-order valence-electron chi connectivity index (χ4n) is 1.67. The number of hydrogen-bond donors (Lipinski definition) is 0. The highest BCUT2D eigenvalue weighted by atomic mass is 79.9. The van der Waals surface area contributed by atoms with Crippen molar-refractivity contribution in [3.8, 4) is 0 Å². The van der Waals surface area contributed by atoms with Gasteiger partial charge in [-0.2, -0.15) is 0 Å². The second kappa shape index (κ2) is 7.89. The van der Waals surface area contributed by atoms with Crippen molar-refractivity contribution in [2.75, 3.05) is 18.4 Å². The number of non-ortho nitro benzene ring substituents is 1. The van der Waals surface area contributed by atoms with Crippen molar-refractivity contribution < 1.29 is 9.72 Å². The Morgan fingerprint density at radius 1 is 1.32 bits per heavy atom. The molecule has 0 unspecified atom stereocenters. The number of rotatable bonds is 7. The van der Waals surface area contributed by atoms with E-state index in [1.807, 2.05) is 0 Å². The van der Waals surface area contributed by atoms with Gasteiger partial charge in [0.05, 0.1) is 4.92 Å². The largest absolute Gasteiger partial charge is 0.338 e. The van der Waals surface area contributed by atoms with Crippen LogP contribution in [0.4, 0.5) is 5.69 Å². The molecule has 0 saturated carbocycles. The Hall–Kier alpha value is -1.43. The van der Waals surface area contributed by atoms with Crippen LogP contribution in [0.15, 0.2) is 24.3 Å². The zero-order chi connectivity index (χ0) is 14.3. The highest BCUT2D eigenvalue weighted by molar-refractivity contribution is 9.09. The SMILES string of the molecule is CCCCN(CCBr)C(=O)c1ccc([N+](=O)[O-])cc1. The van der Waals surface area contributed by atoms with E-state index >= 15 is 0 Å². The summed E-state index contributed by atoms with van der Waals surface area (Å²) in [7, 11) is 0. The second-order valence-electron chi connectivity index (χ2n) is 4.14. The molecule has 0 spiro atoms. The van der Waals surface area contributed by atoms with Crippen LogP contribution >= 0.6 is 15.9 Å². The van der Waals surface area contributed by atoms with Crippen LogP contribution in [-0.4, -0.2) is 34.2 Å². The normalized spacial score (nSPS) is 10.2. The maximum Gasteiger partial charge on any atom is 0.269 e. The van der Waals surface area contributed by atoms with Gasteiger partial charge in [0.1, 0.15) is 0 Å². The fourth-order valence-corrected chi connectivity index (χ4v) is 2.10. The summed E-state index contributed by atoms with van der Waals surface area (Å²) in [6, 6.07) is 5.74. The van der Waals surface area contributed by atoms with E-state index in [1.165, 1.54) is 24.3 Å². The molecular weight excluding hydrogens is 312 g/mol. The second-order valence-corrected chi connectivity index (χ2v) is 4.93. The summed E-state index contributed by atoms with van der Waals surface area (Å²) in [6.45, 7) is 3.41. The molecule has 5 nitrogen and oxygen atoms in total. The number of benzene rings is 1. The Morgan fingerprint density at radius 2 is 1.95 bits per heavy atom. The van der Waals surface area contributed by atoms with Crippen LogP contribution in [0.3, 0.4) is 0 Å². The van der Waals surface area contributed by atoms with E-state index in [0.29, 0.717) is 18.7 Å². The number of amides is 1. The average molecular weight is 329 g/mol. The molecule has 0 aliphatic carbocycles. The molecule has 0 bridgehead atoms. The van der Waals surface area contributed by atoms with Crippen molar-refractivity contribution in [1.82, 2.24) is 4.90 Å². The zero-order valence-corrected chi connectivity index (χ0v) is 12.4. The molecule has 0 saturated heterocycles. The minimum absolute atomic E-state index is 0.00264. The number of nitro groups is 1. The molecule has 0 aliphatic rings. The van der Waals surface area contributed by atoms with Crippen LogP contribution in [0.25, 0.3) is 0 Å². The average Bonchev–Trinajstić information content (AvgIpc) is 2.42. The van der Waals surface area contributed by atoms with E-state index < -0.39 is 4.92 Å². The molecule has 0 atom stereocenters. The van der Waals surface area contributed by atoms with Crippen LogP contribution in [0, 0.1) is 10.1 Å². The number of unbranched alkanes of at least 4 members (excludes halogenated alkanes) is 1. The number of nitro benzene ring substituents is 1. The maximum absolute atomic E-state index is 12.3. The van der Waals surface area contributed by atoms with Gasteiger partial charge in [-0.3, -0.25) is 14.9 Å². The number of alkyl halides is 1. The van der Waals surface area contributed by atoms with Crippen molar-refractivity contribution in [2.24, 2.45) is 0 Å². The van der Waals surface area contributed by atoms with Gasteiger partial charge in [-0.15, -0.1) is 0 Å². The van der Waals surface area contributed by atoms with E-state index in [2.05, 4.69) is 22.9 Å². The first-order valence-electron chi connectivity index (χ1n) is 6.19. The van der Waals surface area contributed by atoms with Gasteiger partial charge in [0.2, 0.25) is 0 Å². The molecule has 1 aromatic carbocycles. The van der Waals surface area contributed by atoms with Crippen LogP contribution in [0.2, 0.25) is 0 Å². The lowest BCUT2D eigenvalue weighted by Crippen LogP contribution is -2.33. The lowest BCUT2D eigenvalue weighted by molar-refractivity contribution is -0.384.